The van der Waals surface area contributed by atoms with Crippen molar-refractivity contribution in [3.8, 4) is 5.75 Å². The standard InChI is InChI=1S/C20H28ClN5O5.H2O/c1-24-11-18(27)26(20(24)29)7-6-25-5-4-15(17(10-25)31-3)23-19(28)12-8-13(21)14(22)9-16(12)30-2;/h8-9,15,17H,4-7,10-11,22H2,1-3H3,(H,23,28);1H2. The molecule has 12 heteroatoms. The first kappa shape index (κ1) is 25.7. The predicted molar refractivity (Wildman–Crippen MR) is 119 cm³/mol. The summed E-state index contributed by atoms with van der Waals surface area (Å²) in [5.41, 5.74) is 6.42. The van der Waals surface area contributed by atoms with E-state index in [4.69, 9.17) is 26.8 Å². The summed E-state index contributed by atoms with van der Waals surface area (Å²) in [6, 6.07) is 2.53. The minimum Gasteiger partial charge on any atom is -0.496 e. The third-order valence-electron chi connectivity index (χ3n) is 5.70. The Hall–Kier alpha value is -2.60. The number of piperidine rings is 1. The van der Waals surface area contributed by atoms with Crippen molar-refractivity contribution in [1.82, 2.24) is 20.0 Å². The van der Waals surface area contributed by atoms with E-state index in [9.17, 15) is 14.4 Å². The van der Waals surface area contributed by atoms with Gasteiger partial charge in [0.25, 0.3) is 5.91 Å². The number of nitrogens with one attached hydrogen (secondary N) is 1. The van der Waals surface area contributed by atoms with Crippen molar-refractivity contribution in [1.29, 1.82) is 0 Å². The molecule has 0 saturated carbocycles. The number of likely N-dealkylation sites (N-methyl/N-ethyl adjacent to an activating group) is 1. The average Bonchev–Trinajstić information content (AvgIpc) is 2.99. The Kier molecular flexibility index (Phi) is 8.67. The third-order valence-corrected chi connectivity index (χ3v) is 6.02. The number of benzene rings is 1. The van der Waals surface area contributed by atoms with E-state index in [2.05, 4.69) is 10.2 Å². The van der Waals surface area contributed by atoms with E-state index in [1.165, 1.54) is 29.0 Å². The maximum atomic E-state index is 12.9. The number of nitrogen functional groups attached to an aromatic ring is 1. The molecular formula is C20H30ClN5O6. The van der Waals surface area contributed by atoms with Gasteiger partial charge in [0.05, 0.1) is 35.5 Å². The summed E-state index contributed by atoms with van der Waals surface area (Å²) in [6.45, 7) is 2.25. The molecule has 2 fully saturated rings. The fourth-order valence-electron chi connectivity index (χ4n) is 3.88. The molecule has 0 aromatic heterocycles. The Morgan fingerprint density at radius 3 is 2.59 bits per heavy atom. The fraction of sp³-hybridized carbons (Fsp3) is 0.550. The average molecular weight is 472 g/mol. The number of hydrogen-bond acceptors (Lipinski definition) is 7. The van der Waals surface area contributed by atoms with Gasteiger partial charge in [0, 0.05) is 46.4 Å². The number of nitrogens with zero attached hydrogens (tertiary/aromatic N) is 3. The Balaban J connectivity index is 0.00000363. The molecule has 5 N–H and O–H groups in total. The molecule has 0 spiro atoms. The van der Waals surface area contributed by atoms with E-state index in [0.29, 0.717) is 49.6 Å². The molecule has 0 aliphatic carbocycles. The number of ether oxygens (including phenoxy) is 2. The van der Waals surface area contributed by atoms with Crippen molar-refractivity contribution >= 4 is 35.1 Å². The number of carbonyl (C=O) groups is 3. The van der Waals surface area contributed by atoms with Crippen molar-refractivity contribution < 1.29 is 29.3 Å². The molecule has 2 saturated heterocycles. The molecule has 2 heterocycles. The lowest BCUT2D eigenvalue weighted by Gasteiger charge is -2.38. The van der Waals surface area contributed by atoms with Crippen molar-refractivity contribution in [2.75, 3.05) is 59.7 Å². The number of carbonyl (C=O) groups excluding carboxylic acids is 3. The van der Waals surface area contributed by atoms with Crippen LogP contribution in [0.3, 0.4) is 0 Å². The number of likely N-dealkylation sites (tertiary alicyclic amines) is 1. The molecule has 1 aromatic rings. The zero-order valence-electron chi connectivity index (χ0n) is 18.4. The summed E-state index contributed by atoms with van der Waals surface area (Å²) in [6.07, 6.45) is 0.400. The second-order valence-electron chi connectivity index (χ2n) is 7.70. The molecule has 2 atom stereocenters. The molecule has 178 valence electrons. The van der Waals surface area contributed by atoms with Crippen LogP contribution in [0.5, 0.6) is 5.75 Å². The highest BCUT2D eigenvalue weighted by Gasteiger charge is 2.35. The lowest BCUT2D eigenvalue weighted by molar-refractivity contribution is -0.125. The zero-order chi connectivity index (χ0) is 22.7. The quantitative estimate of drug-likeness (QED) is 0.413. The first-order chi connectivity index (χ1) is 14.7. The molecule has 0 bridgehead atoms. The third kappa shape index (κ3) is 5.41. The number of halogens is 1. The monoisotopic (exact) mass is 471 g/mol. The maximum absolute atomic E-state index is 12.9. The SMILES string of the molecule is COc1cc(N)c(Cl)cc1C(=O)NC1CCN(CCN2C(=O)CN(C)C2=O)CC1OC.O. The minimum absolute atomic E-state index is 0. The van der Waals surface area contributed by atoms with Crippen LogP contribution in [-0.4, -0.2) is 104 Å². The molecule has 0 radical (unpaired) electrons. The Morgan fingerprint density at radius 2 is 2.00 bits per heavy atom. The molecule has 3 rings (SSSR count). The topological polar surface area (TPSA) is 149 Å². The van der Waals surface area contributed by atoms with Crippen LogP contribution >= 0.6 is 11.6 Å². The second-order valence-corrected chi connectivity index (χ2v) is 8.11. The number of imide groups is 1. The molecule has 2 unspecified atom stereocenters. The number of anilines is 1. The van der Waals surface area contributed by atoms with Crippen LogP contribution in [0.4, 0.5) is 10.5 Å². The smallest absolute Gasteiger partial charge is 0.327 e. The van der Waals surface area contributed by atoms with Gasteiger partial charge in [0.15, 0.2) is 0 Å². The number of urea groups is 1. The lowest BCUT2D eigenvalue weighted by Crippen LogP contribution is -2.55. The summed E-state index contributed by atoms with van der Waals surface area (Å²) < 4.78 is 10.9. The Bertz CT molecular complexity index is 869. The van der Waals surface area contributed by atoms with Crippen LogP contribution in [0.15, 0.2) is 12.1 Å². The summed E-state index contributed by atoms with van der Waals surface area (Å²) in [7, 11) is 4.67. The highest BCUT2D eigenvalue weighted by molar-refractivity contribution is 6.33. The van der Waals surface area contributed by atoms with Crippen LogP contribution in [0, 0.1) is 0 Å². The van der Waals surface area contributed by atoms with Crippen LogP contribution in [0.25, 0.3) is 0 Å². The van der Waals surface area contributed by atoms with Gasteiger partial charge in [-0.1, -0.05) is 11.6 Å². The molecule has 1 aromatic carbocycles. The maximum Gasteiger partial charge on any atom is 0.327 e. The van der Waals surface area contributed by atoms with E-state index in [1.54, 1.807) is 14.2 Å². The molecular weight excluding hydrogens is 442 g/mol. The van der Waals surface area contributed by atoms with Gasteiger partial charge in [-0.25, -0.2) is 4.79 Å². The normalized spacial score (nSPS) is 21.5. The van der Waals surface area contributed by atoms with Crippen LogP contribution < -0.4 is 15.8 Å². The zero-order valence-corrected chi connectivity index (χ0v) is 19.1. The summed E-state index contributed by atoms with van der Waals surface area (Å²) in [4.78, 5) is 41.6. The highest BCUT2D eigenvalue weighted by Crippen LogP contribution is 2.29. The van der Waals surface area contributed by atoms with Gasteiger partial charge in [-0.3, -0.25) is 19.4 Å². The fourth-order valence-corrected chi connectivity index (χ4v) is 4.04. The van der Waals surface area contributed by atoms with E-state index >= 15 is 0 Å². The van der Waals surface area contributed by atoms with Crippen LogP contribution in [-0.2, 0) is 9.53 Å². The first-order valence-corrected chi connectivity index (χ1v) is 10.4. The van der Waals surface area contributed by atoms with Crippen LogP contribution in [0.1, 0.15) is 16.8 Å². The summed E-state index contributed by atoms with van der Waals surface area (Å²) >= 11 is 6.08. The molecule has 32 heavy (non-hydrogen) atoms. The number of amides is 4. The van der Waals surface area contributed by atoms with Gasteiger partial charge in [-0.15, -0.1) is 0 Å². The van der Waals surface area contributed by atoms with Gasteiger partial charge in [0.2, 0.25) is 5.91 Å². The van der Waals surface area contributed by atoms with Gasteiger partial charge >= 0.3 is 6.03 Å². The van der Waals surface area contributed by atoms with Crippen molar-refractivity contribution in [2.24, 2.45) is 0 Å². The van der Waals surface area contributed by atoms with E-state index < -0.39 is 0 Å². The van der Waals surface area contributed by atoms with Gasteiger partial charge in [-0.05, 0) is 12.5 Å². The lowest BCUT2D eigenvalue weighted by atomic mass is 10.0. The highest BCUT2D eigenvalue weighted by atomic mass is 35.5. The van der Waals surface area contributed by atoms with Gasteiger partial charge < -0.3 is 30.9 Å². The van der Waals surface area contributed by atoms with Crippen molar-refractivity contribution in [3.05, 3.63) is 22.7 Å². The van der Waals surface area contributed by atoms with Crippen molar-refractivity contribution in [3.63, 3.8) is 0 Å². The molecule has 2 aliphatic heterocycles. The van der Waals surface area contributed by atoms with E-state index in [-0.39, 0.29) is 47.0 Å². The largest absolute Gasteiger partial charge is 0.496 e. The molecule has 4 amide bonds. The molecule has 2 aliphatic rings. The molecule has 11 nitrogen and oxygen atoms in total. The minimum atomic E-state index is -0.324. The Labute approximate surface area is 191 Å². The number of methoxy groups -OCH3 is 2. The van der Waals surface area contributed by atoms with Crippen molar-refractivity contribution in [2.45, 2.75) is 18.6 Å². The van der Waals surface area contributed by atoms with E-state index in [1.807, 2.05) is 0 Å². The first-order valence-electron chi connectivity index (χ1n) is 9.99. The predicted octanol–water partition coefficient (Wildman–Crippen LogP) is -0.181. The summed E-state index contributed by atoms with van der Waals surface area (Å²) in [5, 5.41) is 3.28. The Morgan fingerprint density at radius 1 is 1.28 bits per heavy atom. The van der Waals surface area contributed by atoms with Gasteiger partial charge in [0.1, 0.15) is 12.3 Å². The number of nitrogens with two attached hydrogens (primary N) is 1. The van der Waals surface area contributed by atoms with Gasteiger partial charge in [-0.2, -0.15) is 0 Å². The number of hydrogen-bond donors (Lipinski definition) is 2. The van der Waals surface area contributed by atoms with E-state index in [0.717, 1.165) is 0 Å². The van der Waals surface area contributed by atoms with Crippen LogP contribution in [0.2, 0.25) is 5.02 Å². The second kappa shape index (κ2) is 10.8. The number of rotatable bonds is 7. The summed E-state index contributed by atoms with van der Waals surface area (Å²) in [5.74, 6) is -0.166.